The largest absolute Gasteiger partial charge is 0.573 e. The van der Waals surface area contributed by atoms with E-state index in [1.807, 2.05) is 0 Å². The molecule has 0 aliphatic heterocycles. The number of aliphatic hydroxyl groups excluding tert-OH is 1. The maximum atomic E-state index is 12.1. The van der Waals surface area contributed by atoms with E-state index in [1.54, 1.807) is 6.07 Å². The van der Waals surface area contributed by atoms with Crippen LogP contribution in [0.5, 0.6) is 5.75 Å². The van der Waals surface area contributed by atoms with Crippen molar-refractivity contribution in [2.75, 3.05) is 17.7 Å². The van der Waals surface area contributed by atoms with Gasteiger partial charge in [0.2, 0.25) is 0 Å². The maximum absolute atomic E-state index is 12.1. The zero-order valence-electron chi connectivity index (χ0n) is 8.67. The molecule has 1 rings (SSSR count). The van der Waals surface area contributed by atoms with E-state index in [-0.39, 0.29) is 23.9 Å². The van der Waals surface area contributed by atoms with Gasteiger partial charge in [-0.3, -0.25) is 0 Å². The fourth-order valence-corrected chi connectivity index (χ4v) is 1.22. The lowest BCUT2D eigenvalue weighted by molar-refractivity contribution is -0.274. The van der Waals surface area contributed by atoms with Gasteiger partial charge in [-0.15, -0.1) is 24.8 Å². The van der Waals surface area contributed by atoms with Gasteiger partial charge in [-0.25, -0.2) is 0 Å². The summed E-state index contributed by atoms with van der Waals surface area (Å²) in [4.78, 5) is 0. The SMILES string of the molecule is OC(CCl)CNc1ccccc1OC(F)(F)F. The molecule has 0 aromatic heterocycles. The normalized spacial score (nSPS) is 13.2. The average Bonchev–Trinajstić information content (AvgIpc) is 2.25. The predicted molar refractivity (Wildman–Crippen MR) is 58.3 cm³/mol. The van der Waals surface area contributed by atoms with Crippen LogP contribution >= 0.6 is 11.6 Å². The van der Waals surface area contributed by atoms with Crippen molar-refractivity contribution < 1.29 is 23.0 Å². The molecule has 2 N–H and O–H groups in total. The summed E-state index contributed by atoms with van der Waals surface area (Å²) in [6.07, 6.45) is -5.58. The van der Waals surface area contributed by atoms with Crippen LogP contribution in [0.4, 0.5) is 18.9 Å². The molecule has 3 nitrogen and oxygen atoms in total. The van der Waals surface area contributed by atoms with Crippen LogP contribution in [-0.2, 0) is 0 Å². The number of hydrogen-bond donors (Lipinski definition) is 2. The second-order valence-electron chi connectivity index (χ2n) is 3.23. The topological polar surface area (TPSA) is 41.5 Å². The fourth-order valence-electron chi connectivity index (χ4n) is 1.11. The first-order valence-electron chi connectivity index (χ1n) is 4.75. The molecule has 0 aliphatic rings. The summed E-state index contributed by atoms with van der Waals surface area (Å²) in [5, 5.41) is 11.8. The molecule has 1 atom stereocenters. The highest BCUT2D eigenvalue weighted by molar-refractivity contribution is 6.18. The lowest BCUT2D eigenvalue weighted by atomic mass is 10.3. The van der Waals surface area contributed by atoms with E-state index in [0.717, 1.165) is 0 Å². The van der Waals surface area contributed by atoms with Gasteiger partial charge in [0, 0.05) is 6.54 Å². The summed E-state index contributed by atoms with van der Waals surface area (Å²) in [6.45, 7) is 0.0434. The zero-order chi connectivity index (χ0) is 12.9. The Hall–Kier alpha value is -1.14. The van der Waals surface area contributed by atoms with Gasteiger partial charge in [-0.2, -0.15) is 0 Å². The second kappa shape index (κ2) is 5.97. The molecule has 1 unspecified atom stereocenters. The van der Waals surface area contributed by atoms with Crippen LogP contribution in [0.3, 0.4) is 0 Å². The number of nitrogens with one attached hydrogen (secondary N) is 1. The Kier molecular flexibility index (Phi) is 4.89. The molecule has 7 heteroatoms. The Balaban J connectivity index is 2.71. The minimum Gasteiger partial charge on any atom is -0.404 e. The van der Waals surface area contributed by atoms with Gasteiger partial charge < -0.3 is 15.2 Å². The van der Waals surface area contributed by atoms with Crippen molar-refractivity contribution in [3.63, 3.8) is 0 Å². The molecule has 0 amide bonds. The number of benzene rings is 1. The third-order valence-corrected chi connectivity index (χ3v) is 2.18. The van der Waals surface area contributed by atoms with Crippen LogP contribution in [0.15, 0.2) is 24.3 Å². The van der Waals surface area contributed by atoms with E-state index >= 15 is 0 Å². The number of hydrogen-bond acceptors (Lipinski definition) is 3. The highest BCUT2D eigenvalue weighted by Gasteiger charge is 2.32. The van der Waals surface area contributed by atoms with Crippen molar-refractivity contribution in [3.05, 3.63) is 24.3 Å². The number of alkyl halides is 4. The lowest BCUT2D eigenvalue weighted by Gasteiger charge is -2.15. The quantitative estimate of drug-likeness (QED) is 0.808. The minimum atomic E-state index is -4.75. The molecule has 0 saturated carbocycles. The zero-order valence-corrected chi connectivity index (χ0v) is 9.42. The predicted octanol–water partition coefficient (Wildman–Crippen LogP) is 2.60. The molecule has 0 fully saturated rings. The van der Waals surface area contributed by atoms with Gasteiger partial charge in [-0.05, 0) is 12.1 Å². The summed E-state index contributed by atoms with van der Waals surface area (Å²) >= 11 is 5.36. The molecule has 0 heterocycles. The lowest BCUT2D eigenvalue weighted by Crippen LogP contribution is -2.22. The Labute approximate surface area is 101 Å². The number of aliphatic hydroxyl groups is 1. The van der Waals surface area contributed by atoms with Crippen molar-refractivity contribution in [3.8, 4) is 5.75 Å². The maximum Gasteiger partial charge on any atom is 0.573 e. The highest BCUT2D eigenvalue weighted by Crippen LogP contribution is 2.29. The average molecular weight is 270 g/mol. The fraction of sp³-hybridized carbons (Fsp3) is 0.400. The molecule has 1 aromatic rings. The Morgan fingerprint density at radius 3 is 2.59 bits per heavy atom. The molecule has 0 spiro atoms. The van der Waals surface area contributed by atoms with E-state index in [0.29, 0.717) is 0 Å². The standard InChI is InChI=1S/C10H11ClF3NO2/c11-5-7(16)6-15-8-3-1-2-4-9(8)17-10(12,13)14/h1-4,7,15-16H,5-6H2. The number of para-hydroxylation sites is 2. The summed E-state index contributed by atoms with van der Waals surface area (Å²) in [7, 11) is 0. The van der Waals surface area contributed by atoms with Gasteiger partial charge in [0.25, 0.3) is 0 Å². The molecular formula is C10H11ClF3NO2. The third-order valence-electron chi connectivity index (χ3n) is 1.82. The highest BCUT2D eigenvalue weighted by atomic mass is 35.5. The summed E-state index contributed by atoms with van der Waals surface area (Å²) < 4.78 is 40.0. The van der Waals surface area contributed by atoms with Crippen molar-refractivity contribution in [1.82, 2.24) is 0 Å². The molecule has 0 radical (unpaired) electrons. The Morgan fingerprint density at radius 2 is 2.00 bits per heavy atom. The molecule has 0 aliphatic carbocycles. The summed E-state index contributed by atoms with van der Waals surface area (Å²) in [5.41, 5.74) is 0.147. The van der Waals surface area contributed by atoms with Gasteiger partial charge in [-0.1, -0.05) is 12.1 Å². The van der Waals surface area contributed by atoms with Crippen LogP contribution in [-0.4, -0.2) is 30.0 Å². The van der Waals surface area contributed by atoms with E-state index in [2.05, 4.69) is 10.1 Å². The number of anilines is 1. The van der Waals surface area contributed by atoms with Gasteiger partial charge in [0.05, 0.1) is 17.7 Å². The summed E-state index contributed by atoms with van der Waals surface area (Å²) in [5.74, 6) is -0.350. The van der Waals surface area contributed by atoms with Gasteiger partial charge in [0.1, 0.15) is 0 Å². The Morgan fingerprint density at radius 1 is 1.35 bits per heavy atom. The monoisotopic (exact) mass is 269 g/mol. The van der Waals surface area contributed by atoms with Crippen LogP contribution in [0, 0.1) is 0 Å². The number of ether oxygens (including phenoxy) is 1. The van der Waals surface area contributed by atoms with E-state index < -0.39 is 12.5 Å². The smallest absolute Gasteiger partial charge is 0.404 e. The van der Waals surface area contributed by atoms with Crippen LogP contribution in [0.1, 0.15) is 0 Å². The molecule has 1 aromatic carbocycles. The van der Waals surface area contributed by atoms with E-state index in [1.165, 1.54) is 18.2 Å². The van der Waals surface area contributed by atoms with E-state index in [4.69, 9.17) is 11.6 Å². The van der Waals surface area contributed by atoms with Crippen LogP contribution < -0.4 is 10.1 Å². The summed E-state index contributed by atoms with van der Waals surface area (Å²) in [6, 6.07) is 5.58. The molecule has 0 bridgehead atoms. The molecule has 17 heavy (non-hydrogen) atoms. The van der Waals surface area contributed by atoms with Crippen molar-refractivity contribution in [1.29, 1.82) is 0 Å². The van der Waals surface area contributed by atoms with Crippen molar-refractivity contribution in [2.24, 2.45) is 0 Å². The second-order valence-corrected chi connectivity index (χ2v) is 3.54. The number of halogens is 4. The van der Waals surface area contributed by atoms with E-state index in [9.17, 15) is 18.3 Å². The first-order valence-corrected chi connectivity index (χ1v) is 5.28. The van der Waals surface area contributed by atoms with Crippen molar-refractivity contribution in [2.45, 2.75) is 12.5 Å². The first-order chi connectivity index (χ1) is 7.92. The molecular weight excluding hydrogens is 259 g/mol. The van der Waals surface area contributed by atoms with Gasteiger partial charge >= 0.3 is 6.36 Å². The van der Waals surface area contributed by atoms with Crippen LogP contribution in [0.25, 0.3) is 0 Å². The van der Waals surface area contributed by atoms with Crippen molar-refractivity contribution >= 4 is 17.3 Å². The molecule has 0 saturated heterocycles. The first kappa shape index (κ1) is 13.9. The minimum absolute atomic E-state index is 0.00467. The molecule has 96 valence electrons. The van der Waals surface area contributed by atoms with Gasteiger partial charge in [0.15, 0.2) is 5.75 Å². The van der Waals surface area contributed by atoms with Crippen LogP contribution in [0.2, 0.25) is 0 Å². The Bertz CT molecular complexity index is 360. The third kappa shape index (κ3) is 5.14. The number of rotatable bonds is 5.